The number of benzene rings is 2. The Balaban J connectivity index is 1.62. The average molecular weight is 417 g/mol. The molecule has 1 amide bonds. The van der Waals surface area contributed by atoms with Crippen molar-refractivity contribution >= 4 is 21.6 Å². The van der Waals surface area contributed by atoms with Gasteiger partial charge in [-0.2, -0.15) is 0 Å². The zero-order valence-electron chi connectivity index (χ0n) is 16.9. The lowest BCUT2D eigenvalue weighted by Gasteiger charge is -2.23. The molecule has 2 N–H and O–H groups in total. The second-order valence-corrected chi connectivity index (χ2v) is 9.36. The minimum absolute atomic E-state index is 0.264. The molecule has 0 atom stereocenters. The van der Waals surface area contributed by atoms with Gasteiger partial charge in [0.25, 0.3) is 5.91 Å². The Morgan fingerprint density at radius 3 is 2.59 bits per heavy atom. The van der Waals surface area contributed by atoms with Gasteiger partial charge in [-0.1, -0.05) is 24.6 Å². The number of carbonyl (C=O) groups excluding carboxylic acids is 1. The zero-order chi connectivity index (χ0) is 20.9. The lowest BCUT2D eigenvalue weighted by Crippen LogP contribution is -2.23. The molecule has 2 aromatic carbocycles. The monoisotopic (exact) mass is 416 g/mol. The van der Waals surface area contributed by atoms with E-state index in [0.717, 1.165) is 36.0 Å². The maximum Gasteiger partial charge on any atom is 0.251 e. The van der Waals surface area contributed by atoms with E-state index in [1.807, 2.05) is 24.3 Å². The molecule has 0 saturated heterocycles. The van der Waals surface area contributed by atoms with Crippen LogP contribution in [0.1, 0.15) is 53.6 Å². The van der Waals surface area contributed by atoms with Gasteiger partial charge in [0.2, 0.25) is 10.0 Å². The summed E-state index contributed by atoms with van der Waals surface area (Å²) < 4.78 is 31.5. The first-order chi connectivity index (χ1) is 13.8. The number of ether oxygens (including phenoxy) is 1. The smallest absolute Gasteiger partial charge is 0.251 e. The molecule has 6 nitrogen and oxygen atoms in total. The topological polar surface area (TPSA) is 84.5 Å². The summed E-state index contributed by atoms with van der Waals surface area (Å²) in [6, 6.07) is 12.7. The van der Waals surface area contributed by atoms with Gasteiger partial charge in [0.15, 0.2) is 0 Å². The van der Waals surface area contributed by atoms with E-state index in [1.54, 1.807) is 25.1 Å². The Bertz CT molecular complexity index is 967. The Kier molecular flexibility index (Phi) is 6.79. The molecule has 0 bridgehead atoms. The summed E-state index contributed by atoms with van der Waals surface area (Å²) in [5.74, 6) is 0.568. The molecule has 3 rings (SSSR count). The molecule has 7 heteroatoms. The molecule has 0 radical (unpaired) electrons. The molecule has 1 fully saturated rings. The number of aryl methyl sites for hydroxylation is 1. The second kappa shape index (κ2) is 9.31. The Hall–Kier alpha value is -2.54. The summed E-state index contributed by atoms with van der Waals surface area (Å²) in [5, 5.41) is 2.88. The highest BCUT2D eigenvalue weighted by Gasteiger charge is 2.15. The minimum atomic E-state index is -3.41. The molecular formula is C22H28N2O4S. The fraction of sp³-hybridized carbons (Fsp3) is 0.409. The van der Waals surface area contributed by atoms with E-state index in [4.69, 9.17) is 4.74 Å². The predicted molar refractivity (Wildman–Crippen MR) is 115 cm³/mol. The molecule has 156 valence electrons. The second-order valence-electron chi connectivity index (χ2n) is 7.61. The fourth-order valence-electron chi connectivity index (χ4n) is 3.46. The zero-order valence-corrected chi connectivity index (χ0v) is 17.7. The van der Waals surface area contributed by atoms with Crippen LogP contribution in [0.5, 0.6) is 5.75 Å². The molecule has 1 aliphatic rings. The van der Waals surface area contributed by atoms with E-state index in [0.29, 0.717) is 17.8 Å². The van der Waals surface area contributed by atoms with Gasteiger partial charge in [-0.05, 0) is 68.0 Å². The van der Waals surface area contributed by atoms with Gasteiger partial charge in [-0.3, -0.25) is 9.52 Å². The summed E-state index contributed by atoms with van der Waals surface area (Å²) in [6.07, 6.45) is 7.27. The number of rotatable bonds is 7. The highest BCUT2D eigenvalue weighted by atomic mass is 32.2. The molecule has 0 heterocycles. The van der Waals surface area contributed by atoms with E-state index in [9.17, 15) is 13.2 Å². The van der Waals surface area contributed by atoms with Crippen LogP contribution >= 0.6 is 0 Å². The highest BCUT2D eigenvalue weighted by molar-refractivity contribution is 7.92. The van der Waals surface area contributed by atoms with E-state index in [-0.39, 0.29) is 12.0 Å². The van der Waals surface area contributed by atoms with Crippen LogP contribution in [0.3, 0.4) is 0 Å². The molecule has 0 spiro atoms. The van der Waals surface area contributed by atoms with Gasteiger partial charge in [-0.15, -0.1) is 0 Å². The van der Waals surface area contributed by atoms with Crippen LogP contribution < -0.4 is 14.8 Å². The van der Waals surface area contributed by atoms with Crippen molar-refractivity contribution in [1.82, 2.24) is 5.32 Å². The highest BCUT2D eigenvalue weighted by Crippen LogP contribution is 2.24. The first-order valence-corrected chi connectivity index (χ1v) is 11.8. The molecule has 2 aromatic rings. The summed E-state index contributed by atoms with van der Waals surface area (Å²) in [7, 11) is -3.41. The number of hydrogen-bond donors (Lipinski definition) is 2. The summed E-state index contributed by atoms with van der Waals surface area (Å²) in [5.41, 5.74) is 2.51. The Morgan fingerprint density at radius 1 is 1.10 bits per heavy atom. The number of amides is 1. The van der Waals surface area contributed by atoms with Crippen LogP contribution in [0.25, 0.3) is 0 Å². The van der Waals surface area contributed by atoms with Gasteiger partial charge in [0, 0.05) is 12.1 Å². The number of carbonyl (C=O) groups is 1. The van der Waals surface area contributed by atoms with Gasteiger partial charge in [0.1, 0.15) is 5.75 Å². The summed E-state index contributed by atoms with van der Waals surface area (Å²) in [4.78, 5) is 12.5. The van der Waals surface area contributed by atoms with Crippen LogP contribution in [-0.4, -0.2) is 26.7 Å². The third-order valence-electron chi connectivity index (χ3n) is 5.00. The number of sulfonamides is 1. The van der Waals surface area contributed by atoms with Crippen molar-refractivity contribution in [2.45, 2.75) is 51.7 Å². The largest absolute Gasteiger partial charge is 0.490 e. The molecule has 0 aromatic heterocycles. The Morgan fingerprint density at radius 2 is 1.86 bits per heavy atom. The lowest BCUT2D eigenvalue weighted by atomic mass is 9.98. The third-order valence-corrected chi connectivity index (χ3v) is 5.59. The van der Waals surface area contributed by atoms with Gasteiger partial charge >= 0.3 is 0 Å². The standard InChI is InChI=1S/C22H28N2O4S/c1-16-11-12-18(14-21(16)24-29(2,26)27)22(25)23-15-17-7-6-10-20(13-17)28-19-8-4-3-5-9-19/h6-7,10-14,19,24H,3-5,8-9,15H2,1-2H3,(H,23,25). The van der Waals surface area contributed by atoms with Crippen molar-refractivity contribution in [3.05, 3.63) is 59.2 Å². The fourth-order valence-corrected chi connectivity index (χ4v) is 4.08. The van der Waals surface area contributed by atoms with Crippen molar-refractivity contribution in [3.8, 4) is 5.75 Å². The quantitative estimate of drug-likeness (QED) is 0.714. The van der Waals surface area contributed by atoms with Crippen LogP contribution in [0.2, 0.25) is 0 Å². The Labute approximate surface area is 172 Å². The summed E-state index contributed by atoms with van der Waals surface area (Å²) >= 11 is 0. The first kappa shape index (κ1) is 21.2. The van der Waals surface area contributed by atoms with Crippen molar-refractivity contribution in [3.63, 3.8) is 0 Å². The minimum Gasteiger partial charge on any atom is -0.490 e. The first-order valence-electron chi connectivity index (χ1n) is 9.92. The van der Waals surface area contributed by atoms with Gasteiger partial charge in [-0.25, -0.2) is 8.42 Å². The number of hydrogen-bond acceptors (Lipinski definition) is 4. The van der Waals surface area contributed by atoms with Crippen molar-refractivity contribution in [1.29, 1.82) is 0 Å². The van der Waals surface area contributed by atoms with E-state index < -0.39 is 10.0 Å². The maximum atomic E-state index is 12.5. The van der Waals surface area contributed by atoms with Crippen molar-refractivity contribution in [2.75, 3.05) is 11.0 Å². The number of anilines is 1. The maximum absolute atomic E-state index is 12.5. The lowest BCUT2D eigenvalue weighted by molar-refractivity contribution is 0.0950. The van der Waals surface area contributed by atoms with Crippen LogP contribution in [0, 0.1) is 6.92 Å². The molecule has 1 aliphatic carbocycles. The van der Waals surface area contributed by atoms with E-state index in [1.165, 1.54) is 19.3 Å². The third kappa shape index (κ3) is 6.49. The van der Waals surface area contributed by atoms with Gasteiger partial charge in [0.05, 0.1) is 18.0 Å². The molecule has 0 aliphatic heterocycles. The summed E-state index contributed by atoms with van der Waals surface area (Å²) in [6.45, 7) is 2.15. The molecule has 1 saturated carbocycles. The SMILES string of the molecule is Cc1ccc(C(=O)NCc2cccc(OC3CCCCC3)c2)cc1NS(C)(=O)=O. The molecule has 0 unspecified atom stereocenters. The van der Waals surface area contributed by atoms with E-state index >= 15 is 0 Å². The van der Waals surface area contributed by atoms with Crippen LogP contribution in [0.15, 0.2) is 42.5 Å². The molecular weight excluding hydrogens is 388 g/mol. The molecule has 29 heavy (non-hydrogen) atoms. The van der Waals surface area contributed by atoms with Crippen LogP contribution in [-0.2, 0) is 16.6 Å². The van der Waals surface area contributed by atoms with Gasteiger partial charge < -0.3 is 10.1 Å². The van der Waals surface area contributed by atoms with E-state index in [2.05, 4.69) is 10.0 Å². The average Bonchev–Trinajstić information content (AvgIpc) is 2.68. The predicted octanol–water partition coefficient (Wildman–Crippen LogP) is 4.01. The van der Waals surface area contributed by atoms with Crippen LogP contribution in [0.4, 0.5) is 5.69 Å². The van der Waals surface area contributed by atoms with Crippen molar-refractivity contribution < 1.29 is 17.9 Å². The number of nitrogens with one attached hydrogen (secondary N) is 2. The van der Waals surface area contributed by atoms with Crippen molar-refractivity contribution in [2.24, 2.45) is 0 Å². The normalized spacial score (nSPS) is 15.0.